The van der Waals surface area contributed by atoms with Gasteiger partial charge in [-0.25, -0.2) is 0 Å². The Morgan fingerprint density at radius 3 is 2.48 bits per heavy atom. The summed E-state index contributed by atoms with van der Waals surface area (Å²) >= 11 is 0. The fraction of sp³-hybridized carbons (Fsp3) is 0.400. The molecule has 0 spiro atoms. The molecule has 7 nitrogen and oxygen atoms in total. The molecule has 27 heavy (non-hydrogen) atoms. The Morgan fingerprint density at radius 2 is 1.85 bits per heavy atom. The fourth-order valence-electron chi connectivity index (χ4n) is 3.42. The van der Waals surface area contributed by atoms with Crippen LogP contribution in [0.2, 0.25) is 0 Å². The van der Waals surface area contributed by atoms with Gasteiger partial charge in [0.25, 0.3) is 5.69 Å². The lowest BCUT2D eigenvalue weighted by molar-refractivity contribution is -0.384. The van der Waals surface area contributed by atoms with E-state index in [1.165, 1.54) is 0 Å². The van der Waals surface area contributed by atoms with Crippen LogP contribution in [0.1, 0.15) is 18.5 Å². The Hall–Kier alpha value is -2.64. The Kier molecular flexibility index (Phi) is 6.26. The van der Waals surface area contributed by atoms with Crippen molar-refractivity contribution in [2.24, 2.45) is 0 Å². The summed E-state index contributed by atoms with van der Waals surface area (Å²) in [5.74, 6) is 0. The van der Waals surface area contributed by atoms with Crippen molar-refractivity contribution >= 4 is 17.1 Å². The van der Waals surface area contributed by atoms with E-state index in [0.717, 1.165) is 37.4 Å². The molecule has 1 aliphatic heterocycles. The molecule has 144 valence electrons. The van der Waals surface area contributed by atoms with Gasteiger partial charge in [-0.05, 0) is 24.6 Å². The Morgan fingerprint density at radius 1 is 1.15 bits per heavy atom. The first-order valence-electron chi connectivity index (χ1n) is 9.26. The predicted octanol–water partition coefficient (Wildman–Crippen LogP) is 2.88. The van der Waals surface area contributed by atoms with Gasteiger partial charge in [-0.3, -0.25) is 15.0 Å². The summed E-state index contributed by atoms with van der Waals surface area (Å²) in [7, 11) is 0. The van der Waals surface area contributed by atoms with Crippen molar-refractivity contribution in [1.82, 2.24) is 4.90 Å². The lowest BCUT2D eigenvalue weighted by Gasteiger charge is -2.36. The van der Waals surface area contributed by atoms with Crippen LogP contribution >= 0.6 is 0 Å². The fourth-order valence-corrected chi connectivity index (χ4v) is 3.42. The number of nitro groups is 1. The number of benzene rings is 2. The monoisotopic (exact) mass is 370 g/mol. The molecule has 7 heteroatoms. The molecule has 2 aromatic rings. The molecule has 0 amide bonds. The summed E-state index contributed by atoms with van der Waals surface area (Å²) in [4.78, 5) is 15.6. The number of nitrogens with one attached hydrogen (secondary N) is 1. The smallest absolute Gasteiger partial charge is 0.292 e. The van der Waals surface area contributed by atoms with Crippen LogP contribution in [-0.2, 0) is 0 Å². The summed E-state index contributed by atoms with van der Waals surface area (Å²) < 4.78 is 0. The molecule has 1 saturated heterocycles. The topological polar surface area (TPSA) is 81.9 Å². The number of nitro benzene ring substituents is 1. The van der Waals surface area contributed by atoms with Gasteiger partial charge in [0.2, 0.25) is 0 Å². The summed E-state index contributed by atoms with van der Waals surface area (Å²) in [5.41, 5.74) is 2.67. The van der Waals surface area contributed by atoms with E-state index in [2.05, 4.69) is 15.1 Å². The van der Waals surface area contributed by atoms with E-state index in [4.69, 9.17) is 5.11 Å². The van der Waals surface area contributed by atoms with Crippen molar-refractivity contribution in [1.29, 1.82) is 0 Å². The quantitative estimate of drug-likeness (QED) is 0.576. The molecule has 1 fully saturated rings. The molecule has 2 aromatic carbocycles. The zero-order valence-electron chi connectivity index (χ0n) is 15.5. The molecule has 0 aliphatic carbocycles. The largest absolute Gasteiger partial charge is 0.395 e. The highest BCUT2D eigenvalue weighted by molar-refractivity contribution is 5.69. The van der Waals surface area contributed by atoms with Crippen LogP contribution in [0.3, 0.4) is 0 Å². The van der Waals surface area contributed by atoms with Crippen LogP contribution in [-0.4, -0.2) is 54.3 Å². The molecule has 0 bridgehead atoms. The van der Waals surface area contributed by atoms with Crippen LogP contribution in [0, 0.1) is 10.1 Å². The van der Waals surface area contributed by atoms with E-state index in [1.807, 2.05) is 49.4 Å². The molecule has 1 atom stereocenters. The van der Waals surface area contributed by atoms with Crippen LogP contribution in [0.25, 0.3) is 0 Å². The lowest BCUT2D eigenvalue weighted by atomic mass is 10.1. The van der Waals surface area contributed by atoms with Gasteiger partial charge in [0, 0.05) is 50.5 Å². The second kappa shape index (κ2) is 8.83. The predicted molar refractivity (Wildman–Crippen MR) is 107 cm³/mol. The standard InChI is InChI=1S/C20H26N4O3/c1-16(17-5-3-2-4-6-17)21-19-15-18(7-8-20(19)24(26)27)23-11-9-22(10-12-23)13-14-25/h2-8,15-16,21,25H,9-14H2,1H3. The first kappa shape index (κ1) is 19.1. The maximum Gasteiger partial charge on any atom is 0.292 e. The second-order valence-electron chi connectivity index (χ2n) is 6.79. The van der Waals surface area contributed by atoms with Gasteiger partial charge < -0.3 is 15.3 Å². The van der Waals surface area contributed by atoms with E-state index in [1.54, 1.807) is 6.07 Å². The number of nitrogens with zero attached hydrogens (tertiary/aromatic N) is 3. The molecule has 0 radical (unpaired) electrons. The molecule has 0 saturated carbocycles. The van der Waals surface area contributed by atoms with E-state index in [-0.39, 0.29) is 23.3 Å². The van der Waals surface area contributed by atoms with Gasteiger partial charge in [0.1, 0.15) is 5.69 Å². The minimum atomic E-state index is -0.344. The lowest BCUT2D eigenvalue weighted by Crippen LogP contribution is -2.47. The maximum absolute atomic E-state index is 11.5. The number of aliphatic hydroxyl groups excluding tert-OH is 1. The van der Waals surface area contributed by atoms with E-state index >= 15 is 0 Å². The van der Waals surface area contributed by atoms with Crippen molar-refractivity contribution in [3.05, 3.63) is 64.2 Å². The van der Waals surface area contributed by atoms with Crippen molar-refractivity contribution < 1.29 is 10.0 Å². The highest BCUT2D eigenvalue weighted by Crippen LogP contribution is 2.32. The first-order chi connectivity index (χ1) is 13.1. The van der Waals surface area contributed by atoms with Crippen molar-refractivity contribution in [2.75, 3.05) is 49.5 Å². The molecular formula is C20H26N4O3. The molecule has 1 aliphatic rings. The van der Waals surface area contributed by atoms with E-state index in [9.17, 15) is 10.1 Å². The Labute approximate surface area is 159 Å². The SMILES string of the molecule is CC(Nc1cc(N2CCN(CCO)CC2)ccc1[N+](=O)[O-])c1ccccc1. The third kappa shape index (κ3) is 4.75. The number of aliphatic hydroxyl groups is 1. The zero-order chi connectivity index (χ0) is 19.2. The molecule has 1 heterocycles. The summed E-state index contributed by atoms with van der Waals surface area (Å²) in [6, 6.07) is 15.1. The van der Waals surface area contributed by atoms with Crippen LogP contribution in [0.15, 0.2) is 48.5 Å². The van der Waals surface area contributed by atoms with Gasteiger partial charge in [-0.1, -0.05) is 30.3 Å². The third-order valence-corrected chi connectivity index (χ3v) is 5.00. The normalized spacial score (nSPS) is 16.1. The van der Waals surface area contributed by atoms with Crippen molar-refractivity contribution in [2.45, 2.75) is 13.0 Å². The van der Waals surface area contributed by atoms with Gasteiger partial charge >= 0.3 is 0 Å². The van der Waals surface area contributed by atoms with Gasteiger partial charge in [0.15, 0.2) is 0 Å². The van der Waals surface area contributed by atoms with Crippen molar-refractivity contribution in [3.8, 4) is 0 Å². The average molecular weight is 370 g/mol. The minimum absolute atomic E-state index is 0.0402. The molecule has 0 aromatic heterocycles. The van der Waals surface area contributed by atoms with Crippen molar-refractivity contribution in [3.63, 3.8) is 0 Å². The number of hydrogen-bond donors (Lipinski definition) is 2. The summed E-state index contributed by atoms with van der Waals surface area (Å²) in [6.07, 6.45) is 0. The first-order valence-corrected chi connectivity index (χ1v) is 9.26. The highest BCUT2D eigenvalue weighted by Gasteiger charge is 2.21. The highest BCUT2D eigenvalue weighted by atomic mass is 16.6. The van der Waals surface area contributed by atoms with Gasteiger partial charge in [0.05, 0.1) is 11.5 Å². The van der Waals surface area contributed by atoms with Crippen LogP contribution in [0.5, 0.6) is 0 Å². The number of rotatable bonds is 7. The maximum atomic E-state index is 11.5. The molecular weight excluding hydrogens is 344 g/mol. The third-order valence-electron chi connectivity index (χ3n) is 5.00. The van der Waals surface area contributed by atoms with Crippen LogP contribution < -0.4 is 10.2 Å². The van der Waals surface area contributed by atoms with E-state index in [0.29, 0.717) is 12.2 Å². The Balaban J connectivity index is 1.78. The molecule has 1 unspecified atom stereocenters. The van der Waals surface area contributed by atoms with E-state index < -0.39 is 0 Å². The van der Waals surface area contributed by atoms with Gasteiger partial charge in [-0.2, -0.15) is 0 Å². The Bertz CT molecular complexity index is 761. The van der Waals surface area contributed by atoms with Gasteiger partial charge in [-0.15, -0.1) is 0 Å². The number of piperazine rings is 1. The average Bonchev–Trinajstić information content (AvgIpc) is 2.69. The zero-order valence-corrected chi connectivity index (χ0v) is 15.5. The second-order valence-corrected chi connectivity index (χ2v) is 6.79. The summed E-state index contributed by atoms with van der Waals surface area (Å²) in [5, 5.41) is 23.8. The van der Waals surface area contributed by atoms with Crippen LogP contribution in [0.4, 0.5) is 17.1 Å². The number of β-amino-alcohol motifs (C(OH)–C–C–N with tert-alkyl or cyclic N) is 1. The number of hydrogen-bond acceptors (Lipinski definition) is 6. The number of anilines is 2. The molecule has 2 N–H and O–H groups in total. The molecule has 3 rings (SSSR count). The summed E-state index contributed by atoms with van der Waals surface area (Å²) in [6.45, 7) is 6.29. The minimum Gasteiger partial charge on any atom is -0.395 e.